The number of unbranched alkanes of at least 4 members (excludes halogenated alkanes) is 1. The number of guanidine groups is 1. The van der Waals surface area contributed by atoms with Gasteiger partial charge in [-0.05, 0) is 59.0 Å². The fourth-order valence-electron chi connectivity index (χ4n) is 3.50. The lowest BCUT2D eigenvalue weighted by molar-refractivity contribution is 0.0487. The number of hydrogen-bond donors (Lipinski definition) is 2. The van der Waals surface area contributed by atoms with E-state index in [-0.39, 0.29) is 24.0 Å². The Labute approximate surface area is 211 Å². The molecule has 2 heterocycles. The molecule has 1 aromatic rings. The first-order valence-electron chi connectivity index (χ1n) is 11.9. The third kappa shape index (κ3) is 11.8. The maximum atomic E-state index is 5.73. The Kier molecular flexibility index (Phi) is 16.0. The van der Waals surface area contributed by atoms with Gasteiger partial charge in [0, 0.05) is 26.2 Å². The Balaban J connectivity index is 0.00000512. The van der Waals surface area contributed by atoms with Crippen LogP contribution in [0.25, 0.3) is 0 Å². The summed E-state index contributed by atoms with van der Waals surface area (Å²) in [5, 5.41) is 6.69. The average Bonchev–Trinajstić information content (AvgIpc) is 3.08. The second-order valence-electron chi connectivity index (χ2n) is 8.19. The van der Waals surface area contributed by atoms with Crippen LogP contribution in [0.5, 0.6) is 0 Å². The number of nitrogens with zero attached hydrogens (tertiary/aromatic N) is 3. The van der Waals surface area contributed by atoms with Crippen LogP contribution in [-0.4, -0.2) is 75.0 Å². The molecule has 2 rings (SSSR count). The number of likely N-dealkylation sites (tertiary alicyclic amines) is 1. The molecule has 8 nitrogen and oxygen atoms in total. The molecule has 1 aliphatic heterocycles. The van der Waals surface area contributed by atoms with Crippen molar-refractivity contribution in [3.05, 3.63) is 17.3 Å². The normalized spacial score (nSPS) is 15.6. The fraction of sp³-hybridized carbons (Fsp3) is 0.826. The summed E-state index contributed by atoms with van der Waals surface area (Å²) in [7, 11) is 0. The van der Waals surface area contributed by atoms with Crippen LogP contribution in [0.15, 0.2) is 9.41 Å². The molecular formula is C23H44IN5O3. The number of ether oxygens (including phenoxy) is 2. The molecule has 1 fully saturated rings. The molecule has 0 spiro atoms. The van der Waals surface area contributed by atoms with Crippen molar-refractivity contribution in [1.29, 1.82) is 0 Å². The number of hydrogen-bond acceptors (Lipinski definition) is 6. The van der Waals surface area contributed by atoms with Gasteiger partial charge < -0.3 is 24.5 Å². The summed E-state index contributed by atoms with van der Waals surface area (Å²) in [5.74, 6) is 3.25. The number of piperidine rings is 1. The SMILES string of the molecule is CCCCOCCOCCNC(=NCC1CCN(Cc2nc(C)c(C)o2)CC1)NCC.I. The van der Waals surface area contributed by atoms with Gasteiger partial charge in [0.25, 0.3) is 0 Å². The van der Waals surface area contributed by atoms with Crippen molar-refractivity contribution in [2.24, 2.45) is 10.9 Å². The van der Waals surface area contributed by atoms with Gasteiger partial charge in [0.05, 0.1) is 32.1 Å². The van der Waals surface area contributed by atoms with Crippen LogP contribution in [0.2, 0.25) is 0 Å². The van der Waals surface area contributed by atoms with Crippen molar-refractivity contribution in [1.82, 2.24) is 20.5 Å². The zero-order chi connectivity index (χ0) is 22.3. The van der Waals surface area contributed by atoms with Crippen molar-refractivity contribution in [3.8, 4) is 0 Å². The molecule has 1 aromatic heterocycles. The second-order valence-corrected chi connectivity index (χ2v) is 8.19. The minimum atomic E-state index is 0. The monoisotopic (exact) mass is 565 g/mol. The topological polar surface area (TPSA) is 84.2 Å². The number of aryl methyl sites for hydroxylation is 2. The smallest absolute Gasteiger partial charge is 0.208 e. The molecule has 32 heavy (non-hydrogen) atoms. The zero-order valence-electron chi connectivity index (χ0n) is 20.5. The Hall–Kier alpha value is -0.910. The molecular weight excluding hydrogens is 521 g/mol. The van der Waals surface area contributed by atoms with Gasteiger partial charge in [-0.25, -0.2) is 4.98 Å². The van der Waals surface area contributed by atoms with Crippen molar-refractivity contribution < 1.29 is 13.9 Å². The first kappa shape index (κ1) is 29.1. The van der Waals surface area contributed by atoms with Gasteiger partial charge >= 0.3 is 0 Å². The summed E-state index contributed by atoms with van der Waals surface area (Å²) < 4.78 is 16.8. The Morgan fingerprint density at radius 2 is 1.81 bits per heavy atom. The molecule has 0 saturated carbocycles. The van der Waals surface area contributed by atoms with Crippen LogP contribution in [0.3, 0.4) is 0 Å². The highest BCUT2D eigenvalue weighted by molar-refractivity contribution is 14.0. The van der Waals surface area contributed by atoms with E-state index >= 15 is 0 Å². The third-order valence-corrected chi connectivity index (χ3v) is 5.54. The van der Waals surface area contributed by atoms with E-state index in [2.05, 4.69) is 34.4 Å². The van der Waals surface area contributed by atoms with Gasteiger partial charge in [-0.15, -0.1) is 24.0 Å². The Morgan fingerprint density at radius 1 is 1.09 bits per heavy atom. The summed E-state index contributed by atoms with van der Waals surface area (Å²) in [6.45, 7) is 16.4. The number of oxazole rings is 1. The molecule has 0 radical (unpaired) electrons. The van der Waals surface area contributed by atoms with Crippen LogP contribution >= 0.6 is 24.0 Å². The third-order valence-electron chi connectivity index (χ3n) is 5.54. The molecule has 0 atom stereocenters. The van der Waals surface area contributed by atoms with Crippen LogP contribution < -0.4 is 10.6 Å². The number of rotatable bonds is 14. The minimum Gasteiger partial charge on any atom is -0.444 e. The number of halogens is 1. The van der Waals surface area contributed by atoms with Crippen molar-refractivity contribution in [2.75, 3.05) is 59.2 Å². The molecule has 1 aliphatic rings. The van der Waals surface area contributed by atoms with E-state index in [4.69, 9.17) is 18.9 Å². The molecule has 9 heteroatoms. The van der Waals surface area contributed by atoms with E-state index in [0.717, 1.165) is 94.9 Å². The molecule has 2 N–H and O–H groups in total. The van der Waals surface area contributed by atoms with E-state index < -0.39 is 0 Å². The second kappa shape index (κ2) is 17.6. The summed E-state index contributed by atoms with van der Waals surface area (Å²) >= 11 is 0. The van der Waals surface area contributed by atoms with E-state index in [1.165, 1.54) is 0 Å². The van der Waals surface area contributed by atoms with Crippen LogP contribution in [0.1, 0.15) is 56.9 Å². The summed E-state index contributed by atoms with van der Waals surface area (Å²) in [6.07, 6.45) is 4.59. The molecule has 0 aromatic carbocycles. The van der Waals surface area contributed by atoms with E-state index in [0.29, 0.717) is 25.7 Å². The zero-order valence-corrected chi connectivity index (χ0v) is 22.8. The lowest BCUT2D eigenvalue weighted by atomic mass is 9.97. The minimum absolute atomic E-state index is 0. The standard InChI is InChI=1S/C23H43N5O3.HI/c1-5-7-13-29-15-16-30-14-10-25-23(24-6-2)26-17-21-8-11-28(12-9-21)18-22-27-19(3)20(4)31-22;/h21H,5-18H2,1-4H3,(H2,24,25,26);1H. The highest BCUT2D eigenvalue weighted by atomic mass is 127. The lowest BCUT2D eigenvalue weighted by Gasteiger charge is -2.30. The van der Waals surface area contributed by atoms with Gasteiger partial charge in [-0.2, -0.15) is 0 Å². The maximum Gasteiger partial charge on any atom is 0.208 e. The van der Waals surface area contributed by atoms with Crippen molar-refractivity contribution in [3.63, 3.8) is 0 Å². The summed E-state index contributed by atoms with van der Waals surface area (Å²) in [6, 6.07) is 0. The molecule has 0 amide bonds. The van der Waals surface area contributed by atoms with Gasteiger partial charge in [-0.3, -0.25) is 9.89 Å². The predicted octanol–water partition coefficient (Wildman–Crippen LogP) is 3.51. The van der Waals surface area contributed by atoms with E-state index in [9.17, 15) is 0 Å². The highest BCUT2D eigenvalue weighted by Crippen LogP contribution is 2.20. The van der Waals surface area contributed by atoms with Crippen LogP contribution in [0, 0.1) is 19.8 Å². The predicted molar refractivity (Wildman–Crippen MR) is 140 cm³/mol. The van der Waals surface area contributed by atoms with Gasteiger partial charge in [0.2, 0.25) is 5.89 Å². The summed E-state index contributed by atoms with van der Waals surface area (Å²) in [5.41, 5.74) is 0.994. The maximum absolute atomic E-state index is 5.73. The molecule has 0 aliphatic carbocycles. The quantitative estimate of drug-likeness (QED) is 0.155. The van der Waals surface area contributed by atoms with E-state index in [1.807, 2.05) is 13.8 Å². The van der Waals surface area contributed by atoms with E-state index in [1.54, 1.807) is 0 Å². The van der Waals surface area contributed by atoms with Gasteiger partial charge in [0.15, 0.2) is 5.96 Å². The van der Waals surface area contributed by atoms with Crippen molar-refractivity contribution in [2.45, 2.75) is 59.9 Å². The highest BCUT2D eigenvalue weighted by Gasteiger charge is 2.20. The molecule has 186 valence electrons. The van der Waals surface area contributed by atoms with Gasteiger partial charge in [0.1, 0.15) is 5.76 Å². The number of aromatic nitrogens is 1. The average molecular weight is 566 g/mol. The van der Waals surface area contributed by atoms with Gasteiger partial charge in [-0.1, -0.05) is 13.3 Å². The largest absolute Gasteiger partial charge is 0.444 e. The van der Waals surface area contributed by atoms with Crippen LogP contribution in [-0.2, 0) is 16.0 Å². The lowest BCUT2D eigenvalue weighted by Crippen LogP contribution is -2.40. The number of aliphatic imine (C=N–C) groups is 1. The summed E-state index contributed by atoms with van der Waals surface area (Å²) in [4.78, 5) is 11.7. The molecule has 0 bridgehead atoms. The van der Waals surface area contributed by atoms with Crippen molar-refractivity contribution >= 4 is 29.9 Å². The number of nitrogens with one attached hydrogen (secondary N) is 2. The molecule has 1 saturated heterocycles. The fourth-order valence-corrected chi connectivity index (χ4v) is 3.50. The first-order chi connectivity index (χ1) is 15.1. The van der Waals surface area contributed by atoms with Crippen LogP contribution in [0.4, 0.5) is 0 Å². The first-order valence-corrected chi connectivity index (χ1v) is 11.9. The Morgan fingerprint density at radius 3 is 2.44 bits per heavy atom. The Bertz CT molecular complexity index is 614. The molecule has 0 unspecified atom stereocenters.